The molecular weight excluding hydrogens is 400 g/mol. The van der Waals surface area contributed by atoms with Crippen LogP contribution < -0.4 is 10.1 Å². The van der Waals surface area contributed by atoms with Gasteiger partial charge in [0.15, 0.2) is 0 Å². The molecule has 5 rings (SSSR count). The van der Waals surface area contributed by atoms with Gasteiger partial charge in [-0.3, -0.25) is 9.59 Å². The largest absolute Gasteiger partial charge is 0.496 e. The topological polar surface area (TPSA) is 58.6 Å². The Balaban J connectivity index is 1.47. The summed E-state index contributed by atoms with van der Waals surface area (Å²) < 4.78 is 5.43. The predicted molar refractivity (Wildman–Crippen MR) is 125 cm³/mol. The zero-order chi connectivity index (χ0) is 22.3. The first-order chi connectivity index (χ1) is 15.5. The highest BCUT2D eigenvalue weighted by molar-refractivity contribution is 6.06. The lowest BCUT2D eigenvalue weighted by Gasteiger charge is -2.43. The van der Waals surface area contributed by atoms with Gasteiger partial charge in [-0.25, -0.2) is 0 Å². The van der Waals surface area contributed by atoms with Crippen LogP contribution >= 0.6 is 0 Å². The summed E-state index contributed by atoms with van der Waals surface area (Å²) in [5, 5.41) is 3.13. The van der Waals surface area contributed by atoms with E-state index in [-0.39, 0.29) is 11.8 Å². The van der Waals surface area contributed by atoms with E-state index in [4.69, 9.17) is 4.74 Å². The summed E-state index contributed by atoms with van der Waals surface area (Å²) in [6, 6.07) is 11.9. The monoisotopic (exact) mass is 432 g/mol. The highest BCUT2D eigenvalue weighted by Crippen LogP contribution is 2.45. The van der Waals surface area contributed by atoms with Crippen LogP contribution in [-0.2, 0) is 11.3 Å². The van der Waals surface area contributed by atoms with Gasteiger partial charge in [0.25, 0.3) is 5.91 Å². The molecule has 2 aliphatic carbocycles. The molecule has 0 radical (unpaired) electrons. The van der Waals surface area contributed by atoms with Crippen molar-refractivity contribution in [3.63, 3.8) is 0 Å². The molecule has 0 bridgehead atoms. The van der Waals surface area contributed by atoms with Crippen molar-refractivity contribution < 1.29 is 14.3 Å². The Hall–Kier alpha value is -2.82. The van der Waals surface area contributed by atoms with E-state index >= 15 is 0 Å². The SMILES string of the molecule is COc1cc(NC(=O)C2(N3Cc4c(cccc4C4CCC4)C3=O)CCCCC2)ccc1C. The van der Waals surface area contributed by atoms with E-state index in [1.54, 1.807) is 7.11 Å². The summed E-state index contributed by atoms with van der Waals surface area (Å²) >= 11 is 0. The van der Waals surface area contributed by atoms with Crippen molar-refractivity contribution in [3.8, 4) is 5.75 Å². The van der Waals surface area contributed by atoms with Crippen LogP contribution in [0.4, 0.5) is 5.69 Å². The number of nitrogens with zero attached hydrogens (tertiary/aromatic N) is 1. The molecule has 1 aliphatic heterocycles. The van der Waals surface area contributed by atoms with Gasteiger partial charge in [-0.15, -0.1) is 0 Å². The average Bonchev–Trinajstić information content (AvgIpc) is 3.12. The molecule has 1 heterocycles. The first kappa shape index (κ1) is 21.0. The van der Waals surface area contributed by atoms with Gasteiger partial charge >= 0.3 is 0 Å². The van der Waals surface area contributed by atoms with Crippen molar-refractivity contribution in [2.24, 2.45) is 0 Å². The van der Waals surface area contributed by atoms with Crippen molar-refractivity contribution in [1.29, 1.82) is 0 Å². The molecule has 0 atom stereocenters. The van der Waals surface area contributed by atoms with Crippen LogP contribution in [-0.4, -0.2) is 29.4 Å². The molecule has 168 valence electrons. The minimum atomic E-state index is -0.802. The van der Waals surface area contributed by atoms with Crippen molar-refractivity contribution in [1.82, 2.24) is 4.90 Å². The van der Waals surface area contributed by atoms with Crippen LogP contribution in [0.15, 0.2) is 36.4 Å². The van der Waals surface area contributed by atoms with Crippen molar-refractivity contribution in [3.05, 3.63) is 58.7 Å². The van der Waals surface area contributed by atoms with Gasteiger partial charge in [-0.05, 0) is 67.3 Å². The smallest absolute Gasteiger partial charge is 0.255 e. The third-order valence-corrected chi connectivity index (χ3v) is 7.84. The molecule has 0 aromatic heterocycles. The second kappa shape index (κ2) is 8.27. The van der Waals surface area contributed by atoms with E-state index in [0.29, 0.717) is 31.0 Å². The number of hydrogen-bond donors (Lipinski definition) is 1. The zero-order valence-corrected chi connectivity index (χ0v) is 19.1. The highest BCUT2D eigenvalue weighted by atomic mass is 16.5. The predicted octanol–water partition coefficient (Wildman–Crippen LogP) is 5.57. The van der Waals surface area contributed by atoms with Gasteiger partial charge in [-0.1, -0.05) is 43.9 Å². The second-order valence-corrected chi connectivity index (χ2v) is 9.62. The number of rotatable bonds is 5. The first-order valence-corrected chi connectivity index (χ1v) is 11.9. The van der Waals surface area contributed by atoms with Crippen LogP contribution in [0.2, 0.25) is 0 Å². The molecule has 0 unspecified atom stereocenters. The standard InChI is InChI=1S/C27H32N2O3/c1-18-12-13-20(16-24(18)32-2)28-26(31)27(14-4-3-5-15-27)29-17-23-21(19-8-6-9-19)10-7-11-22(23)25(29)30/h7,10-13,16,19H,3-6,8-9,14-15,17H2,1-2H3,(H,28,31). The molecule has 2 aromatic carbocycles. The molecule has 5 heteroatoms. The summed E-state index contributed by atoms with van der Waals surface area (Å²) in [7, 11) is 1.64. The number of fused-ring (bicyclic) bond motifs is 1. The number of anilines is 1. The number of amides is 2. The fourth-order valence-electron chi connectivity index (χ4n) is 5.71. The van der Waals surface area contributed by atoms with Crippen LogP contribution in [0.1, 0.15) is 84.3 Å². The molecular formula is C27H32N2O3. The summed E-state index contributed by atoms with van der Waals surface area (Å²) in [5.74, 6) is 1.25. The number of nitrogens with one attached hydrogen (secondary N) is 1. The van der Waals surface area contributed by atoms with Gasteiger partial charge in [0, 0.05) is 23.9 Å². The lowest BCUT2D eigenvalue weighted by Crippen LogP contribution is -2.58. The molecule has 2 saturated carbocycles. The van der Waals surface area contributed by atoms with E-state index in [1.165, 1.54) is 24.8 Å². The van der Waals surface area contributed by atoms with E-state index in [2.05, 4.69) is 11.4 Å². The minimum Gasteiger partial charge on any atom is -0.496 e. The number of aryl methyl sites for hydroxylation is 1. The quantitative estimate of drug-likeness (QED) is 0.672. The maximum absolute atomic E-state index is 13.8. The summed E-state index contributed by atoms with van der Waals surface area (Å²) in [4.78, 5) is 29.3. The molecule has 0 saturated heterocycles. The number of benzene rings is 2. The average molecular weight is 433 g/mol. The zero-order valence-electron chi connectivity index (χ0n) is 19.1. The number of hydrogen-bond acceptors (Lipinski definition) is 3. The van der Waals surface area contributed by atoms with E-state index < -0.39 is 5.54 Å². The number of ether oxygens (including phenoxy) is 1. The van der Waals surface area contributed by atoms with Gasteiger partial charge in [0.05, 0.1) is 7.11 Å². The fraction of sp³-hybridized carbons (Fsp3) is 0.481. The third kappa shape index (κ3) is 3.39. The molecule has 0 spiro atoms. The Morgan fingerprint density at radius 1 is 1.09 bits per heavy atom. The summed E-state index contributed by atoms with van der Waals surface area (Å²) in [6.45, 7) is 2.53. The van der Waals surface area contributed by atoms with Gasteiger partial charge in [0.2, 0.25) is 5.91 Å². The Bertz CT molecular complexity index is 1050. The van der Waals surface area contributed by atoms with E-state index in [0.717, 1.165) is 41.7 Å². The minimum absolute atomic E-state index is 0.0136. The summed E-state index contributed by atoms with van der Waals surface area (Å²) in [6.07, 6.45) is 8.10. The molecule has 2 aromatic rings. The number of carbonyl (C=O) groups is 2. The molecule has 1 N–H and O–H groups in total. The Morgan fingerprint density at radius 2 is 1.88 bits per heavy atom. The molecule has 5 nitrogen and oxygen atoms in total. The molecule has 32 heavy (non-hydrogen) atoms. The molecule has 3 aliphatic rings. The molecule has 2 amide bonds. The maximum Gasteiger partial charge on any atom is 0.255 e. The van der Waals surface area contributed by atoms with Gasteiger partial charge in [0.1, 0.15) is 11.3 Å². The fourth-order valence-corrected chi connectivity index (χ4v) is 5.71. The lowest BCUT2D eigenvalue weighted by atomic mass is 9.77. The van der Waals surface area contributed by atoms with Crippen molar-refractivity contribution in [2.45, 2.75) is 76.3 Å². The van der Waals surface area contributed by atoms with Crippen LogP contribution in [0.5, 0.6) is 5.75 Å². The highest BCUT2D eigenvalue weighted by Gasteiger charge is 2.50. The second-order valence-electron chi connectivity index (χ2n) is 9.62. The third-order valence-electron chi connectivity index (χ3n) is 7.84. The summed E-state index contributed by atoms with van der Waals surface area (Å²) in [5.41, 5.74) is 4.19. The Kier molecular flexibility index (Phi) is 5.44. The lowest BCUT2D eigenvalue weighted by molar-refractivity contribution is -0.129. The van der Waals surface area contributed by atoms with Crippen LogP contribution in [0, 0.1) is 6.92 Å². The van der Waals surface area contributed by atoms with Crippen molar-refractivity contribution >= 4 is 17.5 Å². The maximum atomic E-state index is 13.8. The Morgan fingerprint density at radius 3 is 2.56 bits per heavy atom. The number of methoxy groups -OCH3 is 1. The van der Waals surface area contributed by atoms with Gasteiger partial charge in [-0.2, -0.15) is 0 Å². The van der Waals surface area contributed by atoms with Crippen molar-refractivity contribution in [2.75, 3.05) is 12.4 Å². The van der Waals surface area contributed by atoms with Crippen LogP contribution in [0.3, 0.4) is 0 Å². The number of carbonyl (C=O) groups excluding carboxylic acids is 2. The van der Waals surface area contributed by atoms with Crippen LogP contribution in [0.25, 0.3) is 0 Å². The van der Waals surface area contributed by atoms with E-state index in [1.807, 2.05) is 42.2 Å². The van der Waals surface area contributed by atoms with Gasteiger partial charge < -0.3 is 15.0 Å². The first-order valence-electron chi connectivity index (χ1n) is 11.9. The normalized spacial score (nSPS) is 19.9. The molecule has 2 fully saturated rings. The Labute approximate surface area is 190 Å². The van der Waals surface area contributed by atoms with E-state index in [9.17, 15) is 9.59 Å².